The number of anilines is 1. The van der Waals surface area contributed by atoms with Crippen molar-refractivity contribution in [2.24, 2.45) is 5.10 Å². The number of hydrazone groups is 1. The Morgan fingerprint density at radius 2 is 1.80 bits per heavy atom. The lowest BCUT2D eigenvalue weighted by Crippen LogP contribution is -2.24. The lowest BCUT2D eigenvalue weighted by Gasteiger charge is -2.10. The number of para-hydroxylation sites is 1. The third kappa shape index (κ3) is 5.01. The highest BCUT2D eigenvalue weighted by molar-refractivity contribution is 7.80. The van der Waals surface area contributed by atoms with Crippen LogP contribution in [0, 0.1) is 13.8 Å². The van der Waals surface area contributed by atoms with Crippen LogP contribution >= 0.6 is 12.2 Å². The Balaban J connectivity index is 1.70. The summed E-state index contributed by atoms with van der Waals surface area (Å²) in [5.74, 6) is -0.894. The van der Waals surface area contributed by atoms with E-state index in [9.17, 15) is 9.90 Å². The first kappa shape index (κ1) is 21.0. The third-order valence-corrected chi connectivity index (χ3v) is 4.82. The predicted molar refractivity (Wildman–Crippen MR) is 123 cm³/mol. The Kier molecular flexibility index (Phi) is 6.44. The highest BCUT2D eigenvalue weighted by atomic mass is 32.1. The van der Waals surface area contributed by atoms with Crippen LogP contribution in [0.4, 0.5) is 5.69 Å². The van der Waals surface area contributed by atoms with Gasteiger partial charge in [-0.2, -0.15) is 5.10 Å². The van der Waals surface area contributed by atoms with Gasteiger partial charge in [0.25, 0.3) is 0 Å². The summed E-state index contributed by atoms with van der Waals surface area (Å²) in [7, 11) is 0. The number of aromatic hydroxyl groups is 1. The number of carboxylic acid groups (broad SMARTS) is 1. The minimum Gasteiger partial charge on any atom is -0.507 e. The van der Waals surface area contributed by atoms with Crippen molar-refractivity contribution >= 4 is 35.2 Å². The van der Waals surface area contributed by atoms with Crippen molar-refractivity contribution in [2.45, 2.75) is 13.8 Å². The fourth-order valence-corrected chi connectivity index (χ4v) is 3.03. The topological polar surface area (TPSA) is 94.0 Å². The molecule has 0 spiro atoms. The number of benzene rings is 3. The number of nitrogens with zero attached hydrogens (tertiary/aromatic N) is 1. The SMILES string of the molecule is Cc1ccc(-c2cccc(/C=N\NC(=S)Nc3cccc(C(=O)O)c3)c2O)cc1C. The number of carboxylic acids is 1. The number of hydrogen-bond acceptors (Lipinski definition) is 4. The van der Waals surface area contributed by atoms with Gasteiger partial charge in [-0.3, -0.25) is 5.43 Å². The van der Waals surface area contributed by atoms with Gasteiger partial charge in [-0.15, -0.1) is 0 Å². The monoisotopic (exact) mass is 419 g/mol. The molecule has 0 saturated carbocycles. The molecule has 6 nitrogen and oxygen atoms in total. The molecule has 30 heavy (non-hydrogen) atoms. The van der Waals surface area contributed by atoms with E-state index in [1.165, 1.54) is 23.9 Å². The van der Waals surface area contributed by atoms with E-state index in [1.54, 1.807) is 18.2 Å². The van der Waals surface area contributed by atoms with Gasteiger partial charge in [0.05, 0.1) is 11.8 Å². The van der Waals surface area contributed by atoms with Crippen LogP contribution < -0.4 is 10.7 Å². The van der Waals surface area contributed by atoms with E-state index in [2.05, 4.69) is 15.8 Å². The van der Waals surface area contributed by atoms with Crippen LogP contribution in [0.3, 0.4) is 0 Å². The Morgan fingerprint density at radius 1 is 1.03 bits per heavy atom. The minimum atomic E-state index is -1.02. The Hall–Kier alpha value is -3.71. The molecule has 0 aliphatic carbocycles. The molecule has 0 atom stereocenters. The molecule has 0 unspecified atom stereocenters. The van der Waals surface area contributed by atoms with Crippen molar-refractivity contribution in [2.75, 3.05) is 5.32 Å². The van der Waals surface area contributed by atoms with Gasteiger partial charge in [-0.25, -0.2) is 4.79 Å². The summed E-state index contributed by atoms with van der Waals surface area (Å²) in [6.45, 7) is 4.08. The summed E-state index contributed by atoms with van der Waals surface area (Å²) in [6.07, 6.45) is 1.47. The average molecular weight is 420 g/mol. The van der Waals surface area contributed by atoms with E-state index >= 15 is 0 Å². The van der Waals surface area contributed by atoms with Crippen LogP contribution in [0.25, 0.3) is 11.1 Å². The fraction of sp³-hybridized carbons (Fsp3) is 0.0870. The van der Waals surface area contributed by atoms with Crippen LogP contribution in [0.2, 0.25) is 0 Å². The van der Waals surface area contributed by atoms with E-state index < -0.39 is 5.97 Å². The molecule has 152 valence electrons. The van der Waals surface area contributed by atoms with Gasteiger partial charge in [0.2, 0.25) is 0 Å². The lowest BCUT2D eigenvalue weighted by molar-refractivity contribution is 0.0697. The van der Waals surface area contributed by atoms with Crippen molar-refractivity contribution in [3.05, 3.63) is 82.9 Å². The van der Waals surface area contributed by atoms with Crippen LogP contribution in [0.5, 0.6) is 5.75 Å². The minimum absolute atomic E-state index is 0.124. The van der Waals surface area contributed by atoms with Gasteiger partial charge in [-0.1, -0.05) is 36.4 Å². The predicted octanol–water partition coefficient (Wildman–Crippen LogP) is 4.69. The fourth-order valence-electron chi connectivity index (χ4n) is 2.86. The van der Waals surface area contributed by atoms with Crippen molar-refractivity contribution in [3.8, 4) is 16.9 Å². The van der Waals surface area contributed by atoms with Crippen LogP contribution in [-0.2, 0) is 0 Å². The molecule has 0 aromatic heterocycles. The van der Waals surface area contributed by atoms with Crippen molar-refractivity contribution in [3.63, 3.8) is 0 Å². The van der Waals surface area contributed by atoms with E-state index in [-0.39, 0.29) is 16.4 Å². The number of aromatic carboxylic acids is 1. The summed E-state index contributed by atoms with van der Waals surface area (Å²) >= 11 is 5.18. The molecular weight excluding hydrogens is 398 g/mol. The number of rotatable bonds is 5. The molecule has 7 heteroatoms. The Bertz CT molecular complexity index is 1140. The second-order valence-corrected chi connectivity index (χ2v) is 7.16. The normalized spacial score (nSPS) is 10.7. The summed E-state index contributed by atoms with van der Waals surface area (Å²) in [4.78, 5) is 11.0. The van der Waals surface area contributed by atoms with Crippen molar-refractivity contribution in [1.82, 2.24) is 5.43 Å². The largest absolute Gasteiger partial charge is 0.507 e. The molecule has 0 fully saturated rings. The maximum atomic E-state index is 11.0. The quantitative estimate of drug-likeness (QED) is 0.272. The van der Waals surface area contributed by atoms with Crippen molar-refractivity contribution in [1.29, 1.82) is 0 Å². The number of phenols is 1. The maximum Gasteiger partial charge on any atom is 0.335 e. The second-order valence-electron chi connectivity index (χ2n) is 6.75. The van der Waals surface area contributed by atoms with Crippen molar-refractivity contribution < 1.29 is 15.0 Å². The molecule has 0 bridgehead atoms. The first-order valence-electron chi connectivity index (χ1n) is 9.18. The highest BCUT2D eigenvalue weighted by Crippen LogP contribution is 2.32. The molecule has 4 N–H and O–H groups in total. The zero-order chi connectivity index (χ0) is 21.7. The molecule has 0 amide bonds. The summed E-state index contributed by atoms with van der Waals surface area (Å²) in [6, 6.07) is 17.8. The molecule has 0 aliphatic heterocycles. The Labute approximate surface area is 179 Å². The molecule has 0 heterocycles. The van der Waals surface area contributed by atoms with Gasteiger partial charge in [0.1, 0.15) is 5.75 Å². The number of nitrogens with one attached hydrogen (secondary N) is 2. The first-order valence-corrected chi connectivity index (χ1v) is 9.59. The van der Waals surface area contributed by atoms with Gasteiger partial charge < -0.3 is 15.5 Å². The average Bonchev–Trinajstić information content (AvgIpc) is 2.71. The van der Waals surface area contributed by atoms with E-state index in [0.717, 1.165) is 11.1 Å². The van der Waals surface area contributed by atoms with E-state index in [4.69, 9.17) is 17.3 Å². The highest BCUT2D eigenvalue weighted by Gasteiger charge is 2.09. The van der Waals surface area contributed by atoms with Crippen LogP contribution in [0.15, 0.2) is 65.8 Å². The number of aryl methyl sites for hydroxylation is 2. The summed E-state index contributed by atoms with van der Waals surface area (Å²) in [5.41, 5.74) is 7.86. The van der Waals surface area contributed by atoms with E-state index in [0.29, 0.717) is 16.8 Å². The standard InChI is InChI=1S/C23H21N3O3S/c1-14-9-10-16(11-15(14)2)20-8-4-6-18(21(20)27)13-24-26-23(30)25-19-7-3-5-17(12-19)22(28)29/h3-13,27H,1-2H3,(H,28,29)(H2,25,26,30)/b24-13-. The second kappa shape index (κ2) is 9.19. The molecule has 0 radical (unpaired) electrons. The molecule has 0 aliphatic rings. The molecular formula is C23H21N3O3S. The molecule has 3 rings (SSSR count). The number of phenolic OH excluding ortho intramolecular Hbond substituents is 1. The summed E-state index contributed by atoms with van der Waals surface area (Å²) in [5, 5.41) is 26.8. The third-order valence-electron chi connectivity index (χ3n) is 4.62. The zero-order valence-corrected chi connectivity index (χ0v) is 17.3. The maximum absolute atomic E-state index is 11.0. The van der Waals surface area contributed by atoms with Crippen LogP contribution in [-0.4, -0.2) is 27.5 Å². The summed E-state index contributed by atoms with van der Waals surface area (Å²) < 4.78 is 0. The van der Waals surface area contributed by atoms with Gasteiger partial charge in [-0.05, 0) is 67.0 Å². The molecule has 3 aromatic carbocycles. The molecule has 0 saturated heterocycles. The number of carbonyl (C=O) groups is 1. The number of hydrogen-bond donors (Lipinski definition) is 4. The van der Waals surface area contributed by atoms with Gasteiger partial charge >= 0.3 is 5.97 Å². The number of thiocarbonyl (C=S) groups is 1. The van der Waals surface area contributed by atoms with Gasteiger partial charge in [0.15, 0.2) is 5.11 Å². The Morgan fingerprint density at radius 3 is 2.53 bits per heavy atom. The van der Waals surface area contributed by atoms with Gasteiger partial charge in [0, 0.05) is 16.8 Å². The zero-order valence-electron chi connectivity index (χ0n) is 16.5. The lowest BCUT2D eigenvalue weighted by atomic mass is 9.98. The molecule has 3 aromatic rings. The smallest absolute Gasteiger partial charge is 0.335 e. The van der Waals surface area contributed by atoms with Crippen LogP contribution in [0.1, 0.15) is 27.0 Å². The van der Waals surface area contributed by atoms with E-state index in [1.807, 2.05) is 44.2 Å². The first-order chi connectivity index (χ1) is 14.3.